The number of nitrogens with zero attached hydrogens (tertiary/aromatic N) is 3. The monoisotopic (exact) mass is 263 g/mol. The SMILES string of the molecule is CS[C@H](C)CCN(C)Cc1cnc2ccccn12. The molecule has 0 bridgehead atoms. The molecule has 3 nitrogen and oxygen atoms in total. The number of fused-ring (bicyclic) bond motifs is 1. The summed E-state index contributed by atoms with van der Waals surface area (Å²) in [5, 5.41) is 0.731. The number of thioether (sulfide) groups is 1. The molecule has 0 N–H and O–H groups in total. The van der Waals surface area contributed by atoms with Crippen LogP contribution in [0.15, 0.2) is 30.6 Å². The molecule has 2 heterocycles. The number of pyridine rings is 1. The minimum atomic E-state index is 0.731. The van der Waals surface area contributed by atoms with Crippen molar-refractivity contribution in [2.75, 3.05) is 19.8 Å². The van der Waals surface area contributed by atoms with E-state index in [1.165, 1.54) is 12.1 Å². The Kier molecular flexibility index (Phi) is 4.66. The third-order valence-corrected chi connectivity index (χ3v) is 4.29. The van der Waals surface area contributed by atoms with Gasteiger partial charge in [0.05, 0.1) is 11.9 Å². The maximum Gasteiger partial charge on any atom is 0.136 e. The van der Waals surface area contributed by atoms with Crippen molar-refractivity contribution in [1.29, 1.82) is 0 Å². The van der Waals surface area contributed by atoms with Gasteiger partial charge in [-0.25, -0.2) is 4.98 Å². The van der Waals surface area contributed by atoms with Gasteiger partial charge in [-0.15, -0.1) is 0 Å². The highest BCUT2D eigenvalue weighted by Gasteiger charge is 2.07. The normalized spacial score (nSPS) is 13.3. The molecule has 0 aliphatic carbocycles. The number of rotatable bonds is 6. The van der Waals surface area contributed by atoms with E-state index in [0.29, 0.717) is 0 Å². The Bertz CT molecular complexity index is 494. The smallest absolute Gasteiger partial charge is 0.136 e. The van der Waals surface area contributed by atoms with E-state index in [1.54, 1.807) is 0 Å². The van der Waals surface area contributed by atoms with Crippen LogP contribution in [0, 0.1) is 0 Å². The van der Waals surface area contributed by atoms with Crippen LogP contribution in [0.2, 0.25) is 0 Å². The largest absolute Gasteiger partial charge is 0.303 e. The minimum absolute atomic E-state index is 0.731. The maximum atomic E-state index is 4.42. The van der Waals surface area contributed by atoms with Crippen LogP contribution in [0.1, 0.15) is 19.0 Å². The van der Waals surface area contributed by atoms with Gasteiger partial charge < -0.3 is 9.30 Å². The van der Waals surface area contributed by atoms with Gasteiger partial charge in [0.1, 0.15) is 5.65 Å². The molecule has 0 unspecified atom stereocenters. The third kappa shape index (κ3) is 3.27. The Balaban J connectivity index is 1.96. The van der Waals surface area contributed by atoms with Crippen LogP contribution in [0.5, 0.6) is 0 Å². The van der Waals surface area contributed by atoms with Gasteiger partial charge >= 0.3 is 0 Å². The van der Waals surface area contributed by atoms with Crippen molar-refractivity contribution >= 4 is 17.4 Å². The van der Waals surface area contributed by atoms with Crippen LogP contribution in [0.3, 0.4) is 0 Å². The van der Waals surface area contributed by atoms with Gasteiger partial charge in [-0.05, 0) is 38.4 Å². The standard InChI is InChI=1S/C14H21N3S/c1-12(18-3)7-9-16(2)11-13-10-15-14-6-4-5-8-17(13)14/h4-6,8,10,12H,7,9,11H2,1-3H3/t12-/m1/s1. The first-order valence-electron chi connectivity index (χ1n) is 6.33. The Morgan fingerprint density at radius 3 is 3.06 bits per heavy atom. The number of hydrogen-bond acceptors (Lipinski definition) is 3. The number of aromatic nitrogens is 2. The average molecular weight is 263 g/mol. The first kappa shape index (κ1) is 13.4. The summed E-state index contributed by atoms with van der Waals surface area (Å²) in [5.41, 5.74) is 2.28. The third-order valence-electron chi connectivity index (χ3n) is 3.25. The lowest BCUT2D eigenvalue weighted by Gasteiger charge is -2.18. The van der Waals surface area contributed by atoms with E-state index >= 15 is 0 Å². The van der Waals surface area contributed by atoms with Gasteiger partial charge in [0.25, 0.3) is 0 Å². The molecule has 2 rings (SSSR count). The highest BCUT2D eigenvalue weighted by molar-refractivity contribution is 7.99. The second-order valence-electron chi connectivity index (χ2n) is 4.75. The molecule has 0 aliphatic heterocycles. The predicted molar refractivity (Wildman–Crippen MR) is 79.1 cm³/mol. The molecular formula is C14H21N3S. The molecule has 98 valence electrons. The fourth-order valence-electron chi connectivity index (χ4n) is 1.98. The van der Waals surface area contributed by atoms with Crippen LogP contribution < -0.4 is 0 Å². The molecule has 2 aromatic heterocycles. The summed E-state index contributed by atoms with van der Waals surface area (Å²) in [7, 11) is 2.18. The Hall–Kier alpha value is -1.00. The zero-order chi connectivity index (χ0) is 13.0. The first-order valence-corrected chi connectivity index (χ1v) is 7.62. The van der Waals surface area contributed by atoms with E-state index in [2.05, 4.69) is 40.7 Å². The van der Waals surface area contributed by atoms with Crippen molar-refractivity contribution in [3.63, 3.8) is 0 Å². The second-order valence-corrected chi connectivity index (χ2v) is 6.03. The molecule has 18 heavy (non-hydrogen) atoms. The molecule has 0 saturated carbocycles. The molecule has 0 aliphatic rings. The highest BCUT2D eigenvalue weighted by Crippen LogP contribution is 2.12. The van der Waals surface area contributed by atoms with Crippen LogP contribution >= 0.6 is 11.8 Å². The lowest BCUT2D eigenvalue weighted by atomic mass is 10.3. The second kappa shape index (κ2) is 6.25. The summed E-state index contributed by atoms with van der Waals surface area (Å²) in [5.74, 6) is 0. The number of imidazole rings is 1. The summed E-state index contributed by atoms with van der Waals surface area (Å²) in [6, 6.07) is 6.11. The minimum Gasteiger partial charge on any atom is -0.303 e. The summed E-state index contributed by atoms with van der Waals surface area (Å²) in [4.78, 5) is 6.78. The molecule has 0 saturated heterocycles. The van der Waals surface area contributed by atoms with Gasteiger partial charge in [0.2, 0.25) is 0 Å². The molecule has 1 atom stereocenters. The fourth-order valence-corrected chi connectivity index (χ4v) is 2.32. The average Bonchev–Trinajstić information content (AvgIpc) is 2.79. The van der Waals surface area contributed by atoms with Crippen molar-refractivity contribution in [3.8, 4) is 0 Å². The van der Waals surface area contributed by atoms with E-state index in [9.17, 15) is 0 Å². The van der Waals surface area contributed by atoms with Gasteiger partial charge in [0.15, 0.2) is 0 Å². The molecule has 2 aromatic rings. The molecule has 4 heteroatoms. The first-order chi connectivity index (χ1) is 8.70. The van der Waals surface area contributed by atoms with E-state index in [4.69, 9.17) is 0 Å². The lowest BCUT2D eigenvalue weighted by molar-refractivity contribution is 0.317. The molecule has 0 spiro atoms. The lowest BCUT2D eigenvalue weighted by Crippen LogP contribution is -2.22. The van der Waals surface area contributed by atoms with Crippen LogP contribution in [0.4, 0.5) is 0 Å². The molecule has 0 fully saturated rings. The Morgan fingerprint density at radius 2 is 2.28 bits per heavy atom. The van der Waals surface area contributed by atoms with Crippen molar-refractivity contribution < 1.29 is 0 Å². The number of hydrogen-bond donors (Lipinski definition) is 0. The van der Waals surface area contributed by atoms with Gasteiger partial charge in [-0.3, -0.25) is 0 Å². The molecular weight excluding hydrogens is 242 g/mol. The van der Waals surface area contributed by atoms with Gasteiger partial charge in [0, 0.05) is 18.0 Å². The van der Waals surface area contributed by atoms with Crippen LogP contribution in [0.25, 0.3) is 5.65 Å². The summed E-state index contributed by atoms with van der Waals surface area (Å²) >= 11 is 1.93. The van der Waals surface area contributed by atoms with E-state index in [-0.39, 0.29) is 0 Å². The zero-order valence-corrected chi connectivity index (χ0v) is 12.2. The van der Waals surface area contributed by atoms with Crippen molar-refractivity contribution in [1.82, 2.24) is 14.3 Å². The Labute approximate surface area is 113 Å². The van der Waals surface area contributed by atoms with Crippen molar-refractivity contribution in [2.45, 2.75) is 25.1 Å². The summed E-state index contributed by atoms with van der Waals surface area (Å²) in [6.07, 6.45) is 7.46. The van der Waals surface area contributed by atoms with Crippen molar-refractivity contribution in [3.05, 3.63) is 36.3 Å². The van der Waals surface area contributed by atoms with Crippen LogP contribution in [-0.4, -0.2) is 39.4 Å². The summed E-state index contributed by atoms with van der Waals surface area (Å²) < 4.78 is 2.16. The highest BCUT2D eigenvalue weighted by atomic mass is 32.2. The van der Waals surface area contributed by atoms with E-state index in [1.807, 2.05) is 36.2 Å². The quantitative estimate of drug-likeness (QED) is 0.799. The van der Waals surface area contributed by atoms with E-state index in [0.717, 1.165) is 24.0 Å². The predicted octanol–water partition coefficient (Wildman–Crippen LogP) is 2.91. The van der Waals surface area contributed by atoms with Crippen molar-refractivity contribution in [2.24, 2.45) is 0 Å². The summed E-state index contributed by atoms with van der Waals surface area (Å²) in [6.45, 7) is 4.36. The zero-order valence-electron chi connectivity index (χ0n) is 11.3. The van der Waals surface area contributed by atoms with Gasteiger partial charge in [-0.2, -0.15) is 11.8 Å². The topological polar surface area (TPSA) is 20.5 Å². The van der Waals surface area contributed by atoms with Gasteiger partial charge in [-0.1, -0.05) is 13.0 Å². The maximum absolute atomic E-state index is 4.42. The van der Waals surface area contributed by atoms with E-state index < -0.39 is 0 Å². The molecule has 0 radical (unpaired) electrons. The fraction of sp³-hybridized carbons (Fsp3) is 0.500. The van der Waals surface area contributed by atoms with Crippen LogP contribution in [-0.2, 0) is 6.54 Å². The molecule has 0 aromatic carbocycles. The molecule has 0 amide bonds. The Morgan fingerprint density at radius 1 is 1.44 bits per heavy atom.